The number of pyridine rings is 1. The van der Waals surface area contributed by atoms with E-state index in [1.807, 2.05) is 44.2 Å². The molecule has 0 aliphatic rings. The number of para-hydroxylation sites is 1. The van der Waals surface area contributed by atoms with Crippen LogP contribution in [0.2, 0.25) is 0 Å². The van der Waals surface area contributed by atoms with Crippen molar-refractivity contribution in [3.05, 3.63) is 89.7 Å². The standard InChI is InChI=1S/C21H21N3O3S/c1-15-7-3-4-8-19(15)24-28(26,27)18-12-10-17(11-13-18)21(25)23-16(2)20-9-5-6-14-22-20/h3-14,16,24H,1-2H3,(H,23,25). The second-order valence-corrected chi connectivity index (χ2v) is 8.08. The molecule has 1 unspecified atom stereocenters. The summed E-state index contributed by atoms with van der Waals surface area (Å²) in [6.07, 6.45) is 1.67. The molecule has 3 aromatic rings. The number of sulfonamides is 1. The Labute approximate surface area is 164 Å². The van der Waals surface area contributed by atoms with Crippen LogP contribution < -0.4 is 10.0 Å². The molecule has 2 N–H and O–H groups in total. The van der Waals surface area contributed by atoms with Gasteiger partial charge in [-0.2, -0.15) is 0 Å². The fraction of sp³-hybridized carbons (Fsp3) is 0.143. The first-order chi connectivity index (χ1) is 13.4. The number of anilines is 1. The molecule has 1 atom stereocenters. The molecule has 3 rings (SSSR count). The second kappa shape index (κ2) is 8.22. The zero-order valence-electron chi connectivity index (χ0n) is 15.6. The summed E-state index contributed by atoms with van der Waals surface area (Å²) in [5.74, 6) is -0.297. The molecule has 6 nitrogen and oxygen atoms in total. The summed E-state index contributed by atoms with van der Waals surface area (Å²) >= 11 is 0. The van der Waals surface area contributed by atoms with Gasteiger partial charge in [-0.1, -0.05) is 24.3 Å². The highest BCUT2D eigenvalue weighted by Gasteiger charge is 2.17. The summed E-state index contributed by atoms with van der Waals surface area (Å²) in [5.41, 5.74) is 2.47. The molecule has 0 aliphatic carbocycles. The molecule has 1 aromatic heterocycles. The fourth-order valence-corrected chi connectivity index (χ4v) is 3.79. The van der Waals surface area contributed by atoms with E-state index in [9.17, 15) is 13.2 Å². The van der Waals surface area contributed by atoms with E-state index >= 15 is 0 Å². The van der Waals surface area contributed by atoms with Crippen LogP contribution in [0.25, 0.3) is 0 Å². The highest BCUT2D eigenvalue weighted by Crippen LogP contribution is 2.20. The number of nitrogens with one attached hydrogen (secondary N) is 2. The maximum absolute atomic E-state index is 12.6. The number of aryl methyl sites for hydroxylation is 1. The minimum absolute atomic E-state index is 0.0880. The molecule has 1 heterocycles. The Hall–Kier alpha value is -3.19. The van der Waals surface area contributed by atoms with E-state index in [0.29, 0.717) is 11.3 Å². The number of hydrogen-bond acceptors (Lipinski definition) is 4. The lowest BCUT2D eigenvalue weighted by Crippen LogP contribution is -2.27. The molecular formula is C21H21N3O3S. The van der Waals surface area contributed by atoms with Crippen LogP contribution in [0.1, 0.15) is 34.6 Å². The van der Waals surface area contributed by atoms with Gasteiger partial charge in [0, 0.05) is 11.8 Å². The largest absolute Gasteiger partial charge is 0.344 e. The van der Waals surface area contributed by atoms with E-state index in [1.54, 1.807) is 18.3 Å². The van der Waals surface area contributed by atoms with E-state index in [2.05, 4.69) is 15.0 Å². The molecular weight excluding hydrogens is 374 g/mol. The molecule has 1 amide bonds. The summed E-state index contributed by atoms with van der Waals surface area (Å²) in [5, 5.41) is 2.85. The molecule has 7 heteroatoms. The lowest BCUT2D eigenvalue weighted by molar-refractivity contribution is 0.0939. The summed E-state index contributed by atoms with van der Waals surface area (Å²) in [6.45, 7) is 3.67. The monoisotopic (exact) mass is 395 g/mol. The lowest BCUT2D eigenvalue weighted by Gasteiger charge is -2.14. The fourth-order valence-electron chi connectivity index (χ4n) is 2.66. The topological polar surface area (TPSA) is 88.2 Å². The summed E-state index contributed by atoms with van der Waals surface area (Å²) in [4.78, 5) is 16.7. The van der Waals surface area contributed by atoms with Gasteiger partial charge in [0.2, 0.25) is 0 Å². The third-order valence-electron chi connectivity index (χ3n) is 4.30. The van der Waals surface area contributed by atoms with Gasteiger partial charge < -0.3 is 5.32 Å². The number of aromatic nitrogens is 1. The van der Waals surface area contributed by atoms with Crippen LogP contribution in [0.4, 0.5) is 5.69 Å². The molecule has 0 bridgehead atoms. The number of carbonyl (C=O) groups excluding carboxylic acids is 1. The van der Waals surface area contributed by atoms with Gasteiger partial charge in [0.05, 0.1) is 22.3 Å². The molecule has 144 valence electrons. The van der Waals surface area contributed by atoms with E-state index in [0.717, 1.165) is 11.3 Å². The lowest BCUT2D eigenvalue weighted by atomic mass is 10.1. The van der Waals surface area contributed by atoms with Gasteiger partial charge >= 0.3 is 0 Å². The highest BCUT2D eigenvalue weighted by molar-refractivity contribution is 7.92. The molecule has 2 aromatic carbocycles. The van der Waals surface area contributed by atoms with Crippen LogP contribution in [0.3, 0.4) is 0 Å². The van der Waals surface area contributed by atoms with Crippen LogP contribution in [-0.4, -0.2) is 19.3 Å². The summed E-state index contributed by atoms with van der Waals surface area (Å²) < 4.78 is 27.7. The van der Waals surface area contributed by atoms with Crippen molar-refractivity contribution in [2.24, 2.45) is 0 Å². The molecule has 0 aliphatic heterocycles. The first-order valence-electron chi connectivity index (χ1n) is 8.77. The molecule has 0 radical (unpaired) electrons. The van der Waals surface area contributed by atoms with Gasteiger partial charge in [-0.25, -0.2) is 8.42 Å². The summed E-state index contributed by atoms with van der Waals surface area (Å²) in [6, 6.07) is 18.2. The molecule has 28 heavy (non-hydrogen) atoms. The van der Waals surface area contributed by atoms with Gasteiger partial charge in [-0.05, 0) is 61.9 Å². The second-order valence-electron chi connectivity index (χ2n) is 6.39. The van der Waals surface area contributed by atoms with E-state index in [4.69, 9.17) is 0 Å². The van der Waals surface area contributed by atoms with E-state index in [-0.39, 0.29) is 16.8 Å². The number of hydrogen-bond donors (Lipinski definition) is 2. The van der Waals surface area contributed by atoms with E-state index in [1.165, 1.54) is 24.3 Å². The molecule has 0 saturated carbocycles. The van der Waals surface area contributed by atoms with Crippen molar-refractivity contribution in [2.75, 3.05) is 4.72 Å². The SMILES string of the molecule is Cc1ccccc1NS(=O)(=O)c1ccc(C(=O)NC(C)c2ccccn2)cc1. The van der Waals surface area contributed by atoms with Crippen LogP contribution >= 0.6 is 0 Å². The zero-order valence-corrected chi connectivity index (χ0v) is 16.4. The van der Waals surface area contributed by atoms with Crippen molar-refractivity contribution < 1.29 is 13.2 Å². The summed E-state index contributed by atoms with van der Waals surface area (Å²) in [7, 11) is -3.74. The average Bonchev–Trinajstić information content (AvgIpc) is 2.70. The maximum Gasteiger partial charge on any atom is 0.261 e. The first kappa shape index (κ1) is 19.6. The van der Waals surface area contributed by atoms with Crippen molar-refractivity contribution >= 4 is 21.6 Å². The minimum atomic E-state index is -3.74. The van der Waals surface area contributed by atoms with Gasteiger partial charge in [0.1, 0.15) is 0 Å². The quantitative estimate of drug-likeness (QED) is 0.666. The first-order valence-corrected chi connectivity index (χ1v) is 10.3. The third-order valence-corrected chi connectivity index (χ3v) is 5.68. The zero-order chi connectivity index (χ0) is 20.1. The van der Waals surface area contributed by atoms with Crippen molar-refractivity contribution in [3.8, 4) is 0 Å². The van der Waals surface area contributed by atoms with Crippen molar-refractivity contribution in [2.45, 2.75) is 24.8 Å². The van der Waals surface area contributed by atoms with Crippen LogP contribution in [0.5, 0.6) is 0 Å². The molecule has 0 spiro atoms. The van der Waals surface area contributed by atoms with E-state index < -0.39 is 10.0 Å². The number of carbonyl (C=O) groups is 1. The van der Waals surface area contributed by atoms with Crippen molar-refractivity contribution in [3.63, 3.8) is 0 Å². The van der Waals surface area contributed by atoms with Gasteiger partial charge in [-0.15, -0.1) is 0 Å². The highest BCUT2D eigenvalue weighted by atomic mass is 32.2. The Balaban J connectivity index is 1.72. The molecule has 0 fully saturated rings. The normalized spacial score (nSPS) is 12.2. The number of amides is 1. The van der Waals surface area contributed by atoms with Gasteiger partial charge in [0.15, 0.2) is 0 Å². The Bertz CT molecular complexity index is 1070. The maximum atomic E-state index is 12.6. The number of benzene rings is 2. The van der Waals surface area contributed by atoms with Crippen molar-refractivity contribution in [1.82, 2.24) is 10.3 Å². The van der Waals surface area contributed by atoms with Crippen molar-refractivity contribution in [1.29, 1.82) is 0 Å². The minimum Gasteiger partial charge on any atom is -0.344 e. The van der Waals surface area contributed by atoms with Crippen LogP contribution in [-0.2, 0) is 10.0 Å². The van der Waals surface area contributed by atoms with Gasteiger partial charge in [-0.3, -0.25) is 14.5 Å². The number of rotatable bonds is 6. The van der Waals surface area contributed by atoms with Gasteiger partial charge in [0.25, 0.3) is 15.9 Å². The number of nitrogens with zero attached hydrogens (tertiary/aromatic N) is 1. The van der Waals surface area contributed by atoms with Crippen LogP contribution in [0.15, 0.2) is 77.8 Å². The van der Waals surface area contributed by atoms with Crippen LogP contribution in [0, 0.1) is 6.92 Å². The Morgan fingerprint density at radius 1 is 0.964 bits per heavy atom. The molecule has 0 saturated heterocycles. The average molecular weight is 395 g/mol. The smallest absolute Gasteiger partial charge is 0.261 e. The Morgan fingerprint density at radius 3 is 2.29 bits per heavy atom. The third kappa shape index (κ3) is 4.55. The Kier molecular flexibility index (Phi) is 5.75. The Morgan fingerprint density at radius 2 is 1.64 bits per heavy atom. The predicted molar refractivity (Wildman–Crippen MR) is 109 cm³/mol. The predicted octanol–water partition coefficient (Wildman–Crippen LogP) is 3.68.